The molecule has 0 spiro atoms. The van der Waals surface area contributed by atoms with Crippen LogP contribution in [0.5, 0.6) is 0 Å². The summed E-state index contributed by atoms with van der Waals surface area (Å²) >= 11 is 5.51. The van der Waals surface area contributed by atoms with E-state index in [2.05, 4.69) is 5.32 Å². The van der Waals surface area contributed by atoms with Gasteiger partial charge in [-0.2, -0.15) is 13.2 Å². The van der Waals surface area contributed by atoms with Crippen molar-refractivity contribution in [2.24, 2.45) is 0 Å². The monoisotopic (exact) mass is 313 g/mol. The molecule has 1 amide bonds. The van der Waals surface area contributed by atoms with Gasteiger partial charge in [-0.25, -0.2) is 0 Å². The van der Waals surface area contributed by atoms with E-state index in [1.165, 1.54) is 6.07 Å². The lowest BCUT2D eigenvalue weighted by atomic mass is 10.1. The van der Waals surface area contributed by atoms with E-state index in [-0.39, 0.29) is 12.1 Å². The lowest BCUT2D eigenvalue weighted by Crippen LogP contribution is -2.15. The molecule has 0 atom stereocenters. The van der Waals surface area contributed by atoms with Crippen LogP contribution in [0.3, 0.4) is 0 Å². The van der Waals surface area contributed by atoms with Gasteiger partial charge in [-0.3, -0.25) is 4.79 Å². The minimum atomic E-state index is -4.56. The maximum atomic E-state index is 12.7. The molecule has 0 heterocycles. The van der Waals surface area contributed by atoms with Gasteiger partial charge in [0.05, 0.1) is 17.0 Å². The predicted octanol–water partition coefficient (Wildman–Crippen LogP) is 4.54. The van der Waals surface area contributed by atoms with E-state index in [1.54, 1.807) is 24.3 Å². The number of rotatable bonds is 3. The Kier molecular flexibility index (Phi) is 4.53. The first kappa shape index (κ1) is 15.4. The molecule has 0 saturated carbocycles. The number of nitrogens with one attached hydrogen (secondary N) is 1. The number of anilines is 1. The maximum Gasteiger partial charge on any atom is 0.417 e. The van der Waals surface area contributed by atoms with Crippen molar-refractivity contribution in [2.75, 3.05) is 5.32 Å². The molecule has 0 saturated heterocycles. The van der Waals surface area contributed by atoms with Crippen molar-refractivity contribution in [3.8, 4) is 0 Å². The molecule has 2 rings (SSSR count). The van der Waals surface area contributed by atoms with E-state index in [9.17, 15) is 18.0 Å². The van der Waals surface area contributed by atoms with Crippen LogP contribution in [-0.2, 0) is 17.4 Å². The van der Waals surface area contributed by atoms with E-state index in [1.807, 2.05) is 6.07 Å². The quantitative estimate of drug-likeness (QED) is 0.885. The first-order valence-electron chi connectivity index (χ1n) is 6.07. The molecule has 110 valence electrons. The van der Waals surface area contributed by atoms with Crippen molar-refractivity contribution >= 4 is 23.2 Å². The lowest BCUT2D eigenvalue weighted by Gasteiger charge is -2.11. The van der Waals surface area contributed by atoms with Gasteiger partial charge < -0.3 is 5.32 Å². The number of benzene rings is 2. The highest BCUT2D eigenvalue weighted by atomic mass is 35.5. The van der Waals surface area contributed by atoms with Gasteiger partial charge in [0.1, 0.15) is 0 Å². The molecule has 6 heteroatoms. The fraction of sp³-hybridized carbons (Fsp3) is 0.133. The Hall–Kier alpha value is -2.01. The Morgan fingerprint density at radius 3 is 2.38 bits per heavy atom. The van der Waals surface area contributed by atoms with Gasteiger partial charge in [0.2, 0.25) is 5.91 Å². The van der Waals surface area contributed by atoms with E-state index in [0.29, 0.717) is 0 Å². The van der Waals surface area contributed by atoms with Crippen LogP contribution < -0.4 is 5.32 Å². The summed E-state index contributed by atoms with van der Waals surface area (Å²) in [5.74, 6) is -0.392. The summed E-state index contributed by atoms with van der Waals surface area (Å²) in [5.41, 5.74) is -0.130. The van der Waals surface area contributed by atoms with Crippen LogP contribution in [0.1, 0.15) is 11.1 Å². The standard InChI is InChI=1S/C15H11ClF3NO/c16-13-7-6-11(9-12(13)15(17,18)19)20-14(21)8-10-4-2-1-3-5-10/h1-7,9H,8H2,(H,20,21). The van der Waals surface area contributed by atoms with E-state index in [0.717, 1.165) is 17.7 Å². The van der Waals surface area contributed by atoms with Gasteiger partial charge in [0, 0.05) is 5.69 Å². The van der Waals surface area contributed by atoms with Gasteiger partial charge in [0.15, 0.2) is 0 Å². The third kappa shape index (κ3) is 4.23. The average Bonchev–Trinajstić information content (AvgIpc) is 2.41. The fourth-order valence-corrected chi connectivity index (χ4v) is 2.03. The van der Waals surface area contributed by atoms with Gasteiger partial charge in [0.25, 0.3) is 0 Å². The molecule has 0 radical (unpaired) electrons. The summed E-state index contributed by atoms with van der Waals surface area (Å²) < 4.78 is 38.1. The highest BCUT2D eigenvalue weighted by Gasteiger charge is 2.33. The Labute approximate surface area is 124 Å². The molecule has 0 aliphatic heterocycles. The first-order valence-corrected chi connectivity index (χ1v) is 6.44. The Bertz CT molecular complexity index is 641. The van der Waals surface area contributed by atoms with Crippen molar-refractivity contribution < 1.29 is 18.0 Å². The zero-order chi connectivity index (χ0) is 15.5. The summed E-state index contributed by atoms with van der Waals surface area (Å²) in [7, 11) is 0. The van der Waals surface area contributed by atoms with Crippen molar-refractivity contribution in [1.29, 1.82) is 0 Å². The third-order valence-corrected chi connectivity index (χ3v) is 3.09. The zero-order valence-electron chi connectivity index (χ0n) is 10.7. The van der Waals surface area contributed by atoms with Crippen LogP contribution in [0, 0.1) is 0 Å². The second-order valence-corrected chi connectivity index (χ2v) is 4.81. The summed E-state index contributed by atoms with van der Waals surface area (Å²) in [4.78, 5) is 11.8. The van der Waals surface area contributed by atoms with E-state index < -0.39 is 22.7 Å². The fourth-order valence-electron chi connectivity index (χ4n) is 1.81. The van der Waals surface area contributed by atoms with E-state index >= 15 is 0 Å². The molecule has 0 aliphatic carbocycles. The van der Waals surface area contributed by atoms with Crippen LogP contribution in [0.4, 0.5) is 18.9 Å². The van der Waals surface area contributed by atoms with Crippen LogP contribution in [0.25, 0.3) is 0 Å². The molecule has 0 unspecified atom stereocenters. The molecule has 2 nitrogen and oxygen atoms in total. The normalized spacial score (nSPS) is 11.2. The summed E-state index contributed by atoms with van der Waals surface area (Å²) in [5, 5.41) is 2.03. The molecule has 0 fully saturated rings. The molecule has 0 aliphatic rings. The number of amides is 1. The molecule has 21 heavy (non-hydrogen) atoms. The van der Waals surface area contributed by atoms with Gasteiger partial charge in [-0.1, -0.05) is 41.9 Å². The topological polar surface area (TPSA) is 29.1 Å². The van der Waals surface area contributed by atoms with Crippen molar-refractivity contribution in [3.63, 3.8) is 0 Å². The summed E-state index contributed by atoms with van der Waals surface area (Å²) in [6.45, 7) is 0. The number of carbonyl (C=O) groups excluding carboxylic acids is 1. The largest absolute Gasteiger partial charge is 0.417 e. The predicted molar refractivity (Wildman–Crippen MR) is 75.2 cm³/mol. The number of hydrogen-bond acceptors (Lipinski definition) is 1. The lowest BCUT2D eigenvalue weighted by molar-refractivity contribution is -0.137. The Morgan fingerprint density at radius 2 is 1.76 bits per heavy atom. The third-order valence-electron chi connectivity index (χ3n) is 2.76. The maximum absolute atomic E-state index is 12.7. The van der Waals surface area contributed by atoms with Gasteiger partial charge in [-0.15, -0.1) is 0 Å². The number of halogens is 4. The molecule has 0 bridgehead atoms. The summed E-state index contributed by atoms with van der Waals surface area (Å²) in [6, 6.07) is 12.2. The molecular weight excluding hydrogens is 303 g/mol. The van der Waals surface area contributed by atoms with Crippen LogP contribution >= 0.6 is 11.6 Å². The second-order valence-electron chi connectivity index (χ2n) is 4.40. The highest BCUT2D eigenvalue weighted by molar-refractivity contribution is 6.31. The highest BCUT2D eigenvalue weighted by Crippen LogP contribution is 2.36. The Balaban J connectivity index is 2.11. The molecular formula is C15H11ClF3NO. The average molecular weight is 314 g/mol. The summed E-state index contributed by atoms with van der Waals surface area (Å²) in [6.07, 6.45) is -4.47. The van der Waals surface area contributed by atoms with Crippen LogP contribution in [0.2, 0.25) is 5.02 Å². The van der Waals surface area contributed by atoms with E-state index in [4.69, 9.17) is 11.6 Å². The first-order chi connectivity index (χ1) is 9.86. The second kappa shape index (κ2) is 6.18. The van der Waals surface area contributed by atoms with Crippen LogP contribution in [0.15, 0.2) is 48.5 Å². The minimum absolute atomic E-state index is 0.0626. The van der Waals surface area contributed by atoms with Gasteiger partial charge >= 0.3 is 6.18 Å². The Morgan fingerprint density at radius 1 is 1.10 bits per heavy atom. The molecule has 2 aromatic carbocycles. The van der Waals surface area contributed by atoms with Gasteiger partial charge in [-0.05, 0) is 23.8 Å². The smallest absolute Gasteiger partial charge is 0.326 e. The minimum Gasteiger partial charge on any atom is -0.326 e. The molecule has 0 aromatic heterocycles. The van der Waals surface area contributed by atoms with Crippen molar-refractivity contribution in [1.82, 2.24) is 0 Å². The molecule has 1 N–H and O–H groups in total. The van der Waals surface area contributed by atoms with Crippen molar-refractivity contribution in [3.05, 3.63) is 64.7 Å². The van der Waals surface area contributed by atoms with Crippen LogP contribution in [-0.4, -0.2) is 5.91 Å². The number of alkyl halides is 3. The molecule has 2 aromatic rings. The van der Waals surface area contributed by atoms with Crippen molar-refractivity contribution in [2.45, 2.75) is 12.6 Å². The zero-order valence-corrected chi connectivity index (χ0v) is 11.5. The number of carbonyl (C=O) groups is 1. The number of hydrogen-bond donors (Lipinski definition) is 1. The SMILES string of the molecule is O=C(Cc1ccccc1)Nc1ccc(Cl)c(C(F)(F)F)c1.